The van der Waals surface area contributed by atoms with Gasteiger partial charge in [0.15, 0.2) is 0 Å². The lowest BCUT2D eigenvalue weighted by Crippen LogP contribution is -2.26. The number of fused-ring (bicyclic) bond motifs is 25. The zero-order valence-electron chi connectivity index (χ0n) is 76.2. The summed E-state index contributed by atoms with van der Waals surface area (Å²) in [5.74, 6) is 0. The molecule has 5 aliphatic carbocycles. The van der Waals surface area contributed by atoms with Crippen molar-refractivity contribution in [1.29, 1.82) is 0 Å². The second-order valence-corrected chi connectivity index (χ2v) is 39.8. The van der Waals surface area contributed by atoms with E-state index in [0.717, 1.165) is 59.4 Å². The SMILES string of the molecule is CCCCCCCC1(CCCCCCC)c2ccccc2-c2ccc(-c3ccc4c(c3)C(C)(C)c3cc(-c5ccc(-c6cc7c(c8c6oc6ccccc68)-c6ccc(N(c8ccc(-c9ccccc9)cc8)c8ccc9c(c8)C(C)(C)c8c%10c(c%11oc%12ccccc%12c%11c8-9)-c8ccccc8C%10(C)C)cc6C7(CCCCCCC)CCCCCCC)cc5)ccc3-4)cc21. The first-order valence-electron chi connectivity index (χ1n) is 48.6. The molecule has 632 valence electrons. The number of anilines is 3. The molecule has 0 N–H and O–H groups in total. The van der Waals surface area contributed by atoms with Crippen LogP contribution in [0.1, 0.15) is 279 Å². The molecule has 21 rings (SSSR count). The van der Waals surface area contributed by atoms with Gasteiger partial charge in [-0.3, -0.25) is 0 Å². The standard InChI is InChI=1S/C123H123NO2/c1-11-15-19-23-38-70-122(71-39-24-20-16-12-2)101-49-35-30-44-90(101)93-67-60-86(76-105(93)122)85-59-66-92-91-65-58-84(74-102(91)119(5,6)103(92)75-85)82-52-54-83(55-53-82)99-79-107-110(112-97-46-32-36-50-108(97)125-117(99)112)96-69-64-89(78-106(96)123(107,72-40-25-21-17-13-3)73-41-26-22-18-14-4)124(87-61-56-81(57-62-87)80-42-28-27-29-43-80)88-63-68-95-104(77-88)121(9,10)115-111(95)113-98-47-33-37-51-109(98)126-118(113)114-94-45-31-34-48-100(94)120(7,8)116(114)115/h27-37,42-69,74-79H,11-26,38-41,70-73H2,1-10H3. The third-order valence-corrected chi connectivity index (χ3v) is 31.2. The summed E-state index contributed by atoms with van der Waals surface area (Å²) in [6.45, 7) is 24.2. The molecule has 0 saturated heterocycles. The van der Waals surface area contributed by atoms with Crippen LogP contribution in [-0.4, -0.2) is 0 Å². The van der Waals surface area contributed by atoms with Gasteiger partial charge in [0.2, 0.25) is 0 Å². The summed E-state index contributed by atoms with van der Waals surface area (Å²) < 4.78 is 14.6. The van der Waals surface area contributed by atoms with E-state index in [2.05, 4.69) is 347 Å². The van der Waals surface area contributed by atoms with Crippen molar-refractivity contribution in [2.45, 2.75) is 250 Å². The fourth-order valence-electron chi connectivity index (χ4n) is 24.8. The van der Waals surface area contributed by atoms with Crippen LogP contribution in [-0.2, 0) is 27.1 Å². The van der Waals surface area contributed by atoms with Crippen molar-refractivity contribution < 1.29 is 8.83 Å². The van der Waals surface area contributed by atoms with Crippen LogP contribution in [0.3, 0.4) is 0 Å². The van der Waals surface area contributed by atoms with Crippen LogP contribution >= 0.6 is 0 Å². The Hall–Kier alpha value is -11.5. The van der Waals surface area contributed by atoms with E-state index in [0.29, 0.717) is 0 Å². The average Bonchev–Trinajstić information content (AvgIpc) is 1.50. The molecule has 0 saturated carbocycles. The highest BCUT2D eigenvalue weighted by molar-refractivity contribution is 6.22. The number of rotatable bonds is 31. The lowest BCUT2D eigenvalue weighted by atomic mass is 9.70. The molecule has 0 aliphatic heterocycles. The van der Waals surface area contributed by atoms with Gasteiger partial charge in [-0.25, -0.2) is 0 Å². The van der Waals surface area contributed by atoms with E-state index in [1.165, 1.54) is 300 Å². The molecule has 126 heavy (non-hydrogen) atoms. The minimum atomic E-state index is -0.382. The van der Waals surface area contributed by atoms with Crippen LogP contribution in [0, 0.1) is 0 Å². The molecule has 14 aromatic carbocycles. The molecule has 2 aromatic heterocycles. The minimum absolute atomic E-state index is 0.0372. The van der Waals surface area contributed by atoms with Crippen LogP contribution in [0.2, 0.25) is 0 Å². The highest BCUT2D eigenvalue weighted by atomic mass is 16.3. The first-order valence-corrected chi connectivity index (χ1v) is 48.6. The van der Waals surface area contributed by atoms with Crippen molar-refractivity contribution in [2.75, 3.05) is 4.90 Å². The van der Waals surface area contributed by atoms with E-state index in [-0.39, 0.29) is 27.1 Å². The van der Waals surface area contributed by atoms with Gasteiger partial charge < -0.3 is 13.7 Å². The summed E-state index contributed by atoms with van der Waals surface area (Å²) >= 11 is 0. The molecular formula is C123H123NO2. The minimum Gasteiger partial charge on any atom is -0.455 e. The molecule has 3 heteroatoms. The number of hydrogen-bond acceptors (Lipinski definition) is 3. The van der Waals surface area contributed by atoms with Crippen LogP contribution in [0.5, 0.6) is 0 Å². The van der Waals surface area contributed by atoms with Gasteiger partial charge in [-0.05, 0) is 243 Å². The summed E-state index contributed by atoms with van der Waals surface area (Å²) in [5, 5.41) is 4.82. The Morgan fingerprint density at radius 3 is 1.16 bits per heavy atom. The quantitative estimate of drug-likeness (QED) is 0.0406. The number of unbranched alkanes of at least 4 members (excludes halogenated alkanes) is 16. The van der Waals surface area contributed by atoms with Gasteiger partial charge in [0, 0.05) is 76.8 Å². The van der Waals surface area contributed by atoms with Gasteiger partial charge in [0.25, 0.3) is 0 Å². The predicted molar refractivity (Wildman–Crippen MR) is 536 cm³/mol. The number of furan rings is 2. The number of hydrogen-bond donors (Lipinski definition) is 0. The largest absolute Gasteiger partial charge is 0.455 e. The summed E-state index contributed by atoms with van der Waals surface area (Å²) in [6, 6.07) is 106. The van der Waals surface area contributed by atoms with Gasteiger partial charge in [0.1, 0.15) is 22.3 Å². The Morgan fingerprint density at radius 1 is 0.230 bits per heavy atom. The lowest BCUT2D eigenvalue weighted by Gasteiger charge is -2.35. The van der Waals surface area contributed by atoms with Crippen LogP contribution in [0.4, 0.5) is 17.1 Å². The van der Waals surface area contributed by atoms with E-state index in [9.17, 15) is 0 Å². The number of benzene rings is 14. The Balaban J connectivity index is 0.670. The predicted octanol–water partition coefficient (Wildman–Crippen LogP) is 36.5. The molecule has 16 aromatic rings. The Morgan fingerprint density at radius 2 is 0.587 bits per heavy atom. The van der Waals surface area contributed by atoms with Gasteiger partial charge in [-0.15, -0.1) is 0 Å². The Labute approximate surface area is 748 Å². The number of nitrogens with zero attached hydrogens (tertiary/aromatic N) is 1. The molecule has 0 atom stereocenters. The van der Waals surface area contributed by atoms with Crippen molar-refractivity contribution in [3.05, 3.63) is 329 Å². The highest BCUT2D eigenvalue weighted by Crippen LogP contribution is 2.66. The van der Waals surface area contributed by atoms with Gasteiger partial charge in [-0.2, -0.15) is 0 Å². The zero-order valence-corrected chi connectivity index (χ0v) is 76.2. The molecule has 0 unspecified atom stereocenters. The molecule has 2 heterocycles. The molecular weight excluding hydrogens is 1520 g/mol. The van der Waals surface area contributed by atoms with Crippen molar-refractivity contribution in [3.63, 3.8) is 0 Å². The third-order valence-electron chi connectivity index (χ3n) is 31.2. The van der Waals surface area contributed by atoms with Crippen LogP contribution in [0.25, 0.3) is 144 Å². The summed E-state index contributed by atoms with van der Waals surface area (Å²) in [7, 11) is 0. The molecule has 3 nitrogen and oxygen atoms in total. The average molecular weight is 1650 g/mol. The second-order valence-electron chi connectivity index (χ2n) is 39.8. The van der Waals surface area contributed by atoms with Gasteiger partial charge in [0.05, 0.1) is 0 Å². The maximum atomic E-state index is 7.42. The van der Waals surface area contributed by atoms with Crippen molar-refractivity contribution in [1.82, 2.24) is 0 Å². The molecule has 0 radical (unpaired) electrons. The number of para-hydroxylation sites is 2. The third kappa shape index (κ3) is 13.2. The molecule has 5 aliphatic rings. The smallest absolute Gasteiger partial charge is 0.144 e. The normalized spacial score (nSPS) is 15.0. The Kier molecular flexibility index (Phi) is 21.2. The molecule has 0 fully saturated rings. The molecule has 0 amide bonds. The zero-order chi connectivity index (χ0) is 85.8. The van der Waals surface area contributed by atoms with Crippen molar-refractivity contribution >= 4 is 60.9 Å². The van der Waals surface area contributed by atoms with E-state index < -0.39 is 0 Å². The van der Waals surface area contributed by atoms with Crippen molar-refractivity contribution in [2.24, 2.45) is 0 Å². The van der Waals surface area contributed by atoms with E-state index in [1.807, 2.05) is 0 Å². The maximum absolute atomic E-state index is 7.42. The first kappa shape index (κ1) is 81.5. The summed E-state index contributed by atoms with van der Waals surface area (Å²) in [4.78, 5) is 2.61. The molecule has 0 spiro atoms. The van der Waals surface area contributed by atoms with Crippen molar-refractivity contribution in [3.8, 4) is 100 Å². The first-order chi connectivity index (χ1) is 61.6. The fraction of sp³-hybridized carbons (Fsp3) is 0.317. The second kappa shape index (κ2) is 32.7. The highest BCUT2D eigenvalue weighted by Gasteiger charge is 2.51. The van der Waals surface area contributed by atoms with Gasteiger partial charge >= 0.3 is 0 Å². The summed E-state index contributed by atoms with van der Waals surface area (Å²) in [6.07, 6.45) is 29.7. The van der Waals surface area contributed by atoms with E-state index in [4.69, 9.17) is 8.83 Å². The topological polar surface area (TPSA) is 29.5 Å². The lowest BCUT2D eigenvalue weighted by molar-refractivity contribution is 0.399. The van der Waals surface area contributed by atoms with Crippen LogP contribution in [0.15, 0.2) is 282 Å². The van der Waals surface area contributed by atoms with Gasteiger partial charge in [-0.1, -0.05) is 398 Å². The Bertz CT molecular complexity index is 6840. The maximum Gasteiger partial charge on any atom is 0.144 e. The monoisotopic (exact) mass is 1650 g/mol. The fourth-order valence-corrected chi connectivity index (χ4v) is 24.8. The molecule has 0 bridgehead atoms. The van der Waals surface area contributed by atoms with E-state index >= 15 is 0 Å². The van der Waals surface area contributed by atoms with Crippen LogP contribution < -0.4 is 4.90 Å². The van der Waals surface area contributed by atoms with E-state index in [1.54, 1.807) is 11.1 Å². The summed E-state index contributed by atoms with van der Waals surface area (Å²) in [5.41, 5.74) is 43.9.